The number of aryl methyl sites for hydroxylation is 1. The highest BCUT2D eigenvalue weighted by molar-refractivity contribution is 7.14. The van der Waals surface area contributed by atoms with Crippen molar-refractivity contribution in [3.63, 3.8) is 0 Å². The molecule has 3 rings (SSSR count). The lowest BCUT2D eigenvalue weighted by Crippen LogP contribution is -1.97. The van der Waals surface area contributed by atoms with Gasteiger partial charge in [0.1, 0.15) is 0 Å². The number of carbonyl (C=O) groups excluding carboxylic acids is 1. The molecular formula is C18H14OS. The zero-order valence-electron chi connectivity index (χ0n) is 11.2. The van der Waals surface area contributed by atoms with Gasteiger partial charge in [-0.25, -0.2) is 0 Å². The molecule has 0 unspecified atom stereocenters. The van der Waals surface area contributed by atoms with Crippen LogP contribution in [0, 0.1) is 6.92 Å². The topological polar surface area (TPSA) is 17.1 Å². The van der Waals surface area contributed by atoms with Crippen molar-refractivity contribution >= 4 is 17.1 Å². The lowest BCUT2D eigenvalue weighted by molar-refractivity contribution is 0.104. The van der Waals surface area contributed by atoms with Gasteiger partial charge in [0.05, 0.1) is 4.88 Å². The lowest BCUT2D eigenvalue weighted by atomic mass is 10.0. The van der Waals surface area contributed by atoms with Gasteiger partial charge in [-0.3, -0.25) is 4.79 Å². The van der Waals surface area contributed by atoms with Gasteiger partial charge in [-0.05, 0) is 24.1 Å². The predicted octanol–water partition coefficient (Wildman–Crippen LogP) is 4.95. The summed E-state index contributed by atoms with van der Waals surface area (Å²) in [5.74, 6) is 0.0980. The minimum absolute atomic E-state index is 0.0980. The van der Waals surface area contributed by atoms with E-state index in [9.17, 15) is 4.79 Å². The van der Waals surface area contributed by atoms with Crippen molar-refractivity contribution in [2.75, 3.05) is 0 Å². The van der Waals surface area contributed by atoms with Crippen LogP contribution in [-0.4, -0.2) is 5.78 Å². The standard InChI is InChI=1S/C18H14OS/c1-13-16(14-8-4-2-5-9-14)12-17(20-13)18(19)15-10-6-3-7-11-15/h2-12H,1H3. The Hall–Kier alpha value is -2.19. The number of hydrogen-bond acceptors (Lipinski definition) is 2. The van der Waals surface area contributed by atoms with Crippen LogP contribution < -0.4 is 0 Å². The molecule has 0 aliphatic heterocycles. The number of hydrogen-bond donors (Lipinski definition) is 0. The smallest absolute Gasteiger partial charge is 0.202 e. The number of carbonyl (C=O) groups is 1. The maximum atomic E-state index is 12.5. The molecule has 0 radical (unpaired) electrons. The molecule has 0 bridgehead atoms. The van der Waals surface area contributed by atoms with E-state index < -0.39 is 0 Å². The maximum Gasteiger partial charge on any atom is 0.202 e. The lowest BCUT2D eigenvalue weighted by Gasteiger charge is -1.98. The van der Waals surface area contributed by atoms with Crippen LogP contribution in [0.15, 0.2) is 66.7 Å². The quantitative estimate of drug-likeness (QED) is 0.619. The second-order valence-electron chi connectivity index (χ2n) is 4.64. The molecule has 98 valence electrons. The molecule has 1 nitrogen and oxygen atoms in total. The van der Waals surface area contributed by atoms with Crippen LogP contribution in [0.5, 0.6) is 0 Å². The first kappa shape index (κ1) is 12.8. The largest absolute Gasteiger partial charge is 0.288 e. The van der Waals surface area contributed by atoms with Crippen LogP contribution in [0.25, 0.3) is 11.1 Å². The first-order valence-corrected chi connectivity index (χ1v) is 7.33. The molecule has 0 aliphatic carbocycles. The average Bonchev–Trinajstić information content (AvgIpc) is 2.90. The highest BCUT2D eigenvalue weighted by atomic mass is 32.1. The van der Waals surface area contributed by atoms with Gasteiger partial charge in [-0.1, -0.05) is 60.7 Å². The van der Waals surface area contributed by atoms with Crippen molar-refractivity contribution in [2.24, 2.45) is 0 Å². The second-order valence-corrected chi connectivity index (χ2v) is 5.90. The van der Waals surface area contributed by atoms with Gasteiger partial charge in [-0.15, -0.1) is 11.3 Å². The molecule has 0 N–H and O–H groups in total. The van der Waals surface area contributed by atoms with Crippen molar-refractivity contribution in [3.05, 3.63) is 82.0 Å². The van der Waals surface area contributed by atoms with Gasteiger partial charge in [-0.2, -0.15) is 0 Å². The van der Waals surface area contributed by atoms with Crippen molar-refractivity contribution in [3.8, 4) is 11.1 Å². The summed E-state index contributed by atoms with van der Waals surface area (Å²) in [6.45, 7) is 2.06. The fraction of sp³-hybridized carbons (Fsp3) is 0.0556. The van der Waals surface area contributed by atoms with Crippen LogP contribution in [0.1, 0.15) is 20.1 Å². The molecule has 3 aromatic rings. The molecule has 2 heteroatoms. The highest BCUT2D eigenvalue weighted by Gasteiger charge is 2.14. The summed E-state index contributed by atoms with van der Waals surface area (Å²) in [7, 11) is 0. The number of rotatable bonds is 3. The zero-order valence-corrected chi connectivity index (χ0v) is 12.0. The number of benzene rings is 2. The van der Waals surface area contributed by atoms with E-state index in [1.165, 1.54) is 4.88 Å². The van der Waals surface area contributed by atoms with Crippen LogP contribution in [0.2, 0.25) is 0 Å². The third-order valence-corrected chi connectivity index (χ3v) is 4.31. The van der Waals surface area contributed by atoms with Gasteiger partial charge in [0.15, 0.2) is 0 Å². The van der Waals surface area contributed by atoms with Gasteiger partial charge < -0.3 is 0 Å². The van der Waals surface area contributed by atoms with Gasteiger partial charge >= 0.3 is 0 Å². The summed E-state index contributed by atoms with van der Waals surface area (Å²) in [6, 6.07) is 21.6. The summed E-state index contributed by atoms with van der Waals surface area (Å²) in [5, 5.41) is 0. The minimum Gasteiger partial charge on any atom is -0.288 e. The first-order chi connectivity index (χ1) is 9.75. The van der Waals surface area contributed by atoms with Crippen LogP contribution in [0.3, 0.4) is 0 Å². The van der Waals surface area contributed by atoms with E-state index in [0.29, 0.717) is 0 Å². The molecule has 20 heavy (non-hydrogen) atoms. The maximum absolute atomic E-state index is 12.5. The molecule has 0 amide bonds. The molecule has 0 spiro atoms. The van der Waals surface area contributed by atoms with E-state index in [2.05, 4.69) is 19.1 Å². The summed E-state index contributed by atoms with van der Waals surface area (Å²) >= 11 is 1.56. The molecule has 0 saturated heterocycles. The summed E-state index contributed by atoms with van der Waals surface area (Å²) in [6.07, 6.45) is 0. The molecule has 0 aliphatic rings. The van der Waals surface area contributed by atoms with Crippen molar-refractivity contribution in [1.29, 1.82) is 0 Å². The van der Waals surface area contributed by atoms with E-state index in [0.717, 1.165) is 21.6 Å². The normalized spacial score (nSPS) is 10.4. The zero-order chi connectivity index (χ0) is 13.9. The van der Waals surface area contributed by atoms with Gasteiger partial charge in [0.25, 0.3) is 0 Å². The van der Waals surface area contributed by atoms with Crippen molar-refractivity contribution < 1.29 is 4.79 Å². The third kappa shape index (κ3) is 2.43. The monoisotopic (exact) mass is 278 g/mol. The summed E-state index contributed by atoms with van der Waals surface area (Å²) in [5.41, 5.74) is 3.05. The van der Waals surface area contributed by atoms with Gasteiger partial charge in [0.2, 0.25) is 5.78 Å². The Labute approximate surface area is 122 Å². The Balaban J connectivity index is 2.00. The summed E-state index contributed by atoms with van der Waals surface area (Å²) in [4.78, 5) is 14.4. The van der Waals surface area contributed by atoms with E-state index >= 15 is 0 Å². The van der Waals surface area contributed by atoms with E-state index in [4.69, 9.17) is 0 Å². The molecule has 2 aromatic carbocycles. The average molecular weight is 278 g/mol. The van der Waals surface area contributed by atoms with Crippen LogP contribution >= 0.6 is 11.3 Å². The number of ketones is 1. The van der Waals surface area contributed by atoms with Crippen LogP contribution in [0.4, 0.5) is 0 Å². The SMILES string of the molecule is Cc1sc(C(=O)c2ccccc2)cc1-c1ccccc1. The Morgan fingerprint density at radius 3 is 2.15 bits per heavy atom. The second kappa shape index (κ2) is 5.43. The Bertz CT molecular complexity index is 727. The fourth-order valence-corrected chi connectivity index (χ4v) is 3.23. The van der Waals surface area contributed by atoms with E-state index in [-0.39, 0.29) is 5.78 Å². The third-order valence-electron chi connectivity index (χ3n) is 3.26. The van der Waals surface area contributed by atoms with Crippen molar-refractivity contribution in [1.82, 2.24) is 0 Å². The van der Waals surface area contributed by atoms with E-state index in [1.807, 2.05) is 54.6 Å². The molecule has 0 fully saturated rings. The molecular weight excluding hydrogens is 264 g/mol. The van der Waals surface area contributed by atoms with E-state index in [1.54, 1.807) is 11.3 Å². The number of thiophene rings is 1. The molecule has 0 saturated carbocycles. The minimum atomic E-state index is 0.0980. The Kier molecular flexibility index (Phi) is 3.48. The Morgan fingerprint density at radius 2 is 1.50 bits per heavy atom. The predicted molar refractivity (Wildman–Crippen MR) is 84.4 cm³/mol. The Morgan fingerprint density at radius 1 is 0.900 bits per heavy atom. The first-order valence-electron chi connectivity index (χ1n) is 6.51. The highest BCUT2D eigenvalue weighted by Crippen LogP contribution is 2.31. The van der Waals surface area contributed by atoms with Crippen molar-refractivity contribution in [2.45, 2.75) is 6.92 Å². The molecule has 1 heterocycles. The fourth-order valence-electron chi connectivity index (χ4n) is 2.23. The molecule has 1 aromatic heterocycles. The van der Waals surface area contributed by atoms with Gasteiger partial charge in [0, 0.05) is 10.4 Å². The molecule has 0 atom stereocenters. The summed E-state index contributed by atoms with van der Waals surface area (Å²) < 4.78 is 0. The van der Waals surface area contributed by atoms with Crippen LogP contribution in [-0.2, 0) is 0 Å².